The van der Waals surface area contributed by atoms with Crippen LogP contribution < -0.4 is 5.32 Å². The van der Waals surface area contributed by atoms with Crippen molar-refractivity contribution >= 4 is 11.7 Å². The summed E-state index contributed by atoms with van der Waals surface area (Å²) >= 11 is 0. The molecule has 2 heterocycles. The number of aliphatic hydroxyl groups is 1. The maximum absolute atomic E-state index is 11.6. The predicted octanol–water partition coefficient (Wildman–Crippen LogP) is 0.746. The molecule has 0 radical (unpaired) electrons. The second-order valence-electron chi connectivity index (χ2n) is 5.43. The number of carboxylic acids is 1. The van der Waals surface area contributed by atoms with Crippen molar-refractivity contribution in [3.63, 3.8) is 0 Å². The van der Waals surface area contributed by atoms with E-state index in [0.717, 1.165) is 5.69 Å². The number of aromatic nitrogens is 5. The fourth-order valence-electron chi connectivity index (χ4n) is 2.41. The van der Waals surface area contributed by atoms with Crippen LogP contribution in [0.4, 0.5) is 5.69 Å². The number of nitrogens with one attached hydrogen (secondary N) is 2. The summed E-state index contributed by atoms with van der Waals surface area (Å²) in [6.07, 6.45) is 1.98. The van der Waals surface area contributed by atoms with Gasteiger partial charge in [0.1, 0.15) is 0 Å². The molecule has 0 saturated heterocycles. The van der Waals surface area contributed by atoms with Crippen molar-refractivity contribution in [1.82, 2.24) is 25.6 Å². The van der Waals surface area contributed by atoms with E-state index in [2.05, 4.69) is 30.9 Å². The second kappa shape index (κ2) is 8.16. The lowest BCUT2D eigenvalue weighted by Gasteiger charge is -2.16. The second-order valence-corrected chi connectivity index (χ2v) is 5.43. The van der Waals surface area contributed by atoms with Crippen molar-refractivity contribution in [2.45, 2.75) is 26.2 Å². The molecule has 0 fully saturated rings. The number of allylic oxidation sites excluding steroid dienone is 1. The molecule has 24 heavy (non-hydrogen) atoms. The summed E-state index contributed by atoms with van der Waals surface area (Å²) in [6.45, 7) is 3.95. The van der Waals surface area contributed by atoms with Crippen molar-refractivity contribution in [3.8, 4) is 0 Å². The minimum absolute atomic E-state index is 0.0319. The smallest absolute Gasteiger partial charge is 0.332 e. The molecule has 0 unspecified atom stereocenters. The standard InChI is InChI=1S/C15H20N6O3/c1-9(2)13(15(23)24)12(14-18-20-21-19-14)7-10-3-4-11(8-17-10)16-5-6-22/h3-4,8,12,16,22H,5-7H2,1-2H3,(H,23,24)(H,18,19,20,21)/t12-/m0/s1. The SMILES string of the molecule is CC(C)=C(C(=O)O)[C@H](Cc1ccc(NCCO)cn1)c1nn[nH]n1. The van der Waals surface area contributed by atoms with Crippen molar-refractivity contribution in [2.24, 2.45) is 0 Å². The van der Waals surface area contributed by atoms with Crippen LogP contribution in [0.25, 0.3) is 0 Å². The van der Waals surface area contributed by atoms with Gasteiger partial charge in [0.2, 0.25) is 0 Å². The first-order chi connectivity index (χ1) is 11.5. The molecule has 9 nitrogen and oxygen atoms in total. The van der Waals surface area contributed by atoms with Gasteiger partial charge in [-0.3, -0.25) is 4.98 Å². The van der Waals surface area contributed by atoms with Gasteiger partial charge in [0.25, 0.3) is 0 Å². The summed E-state index contributed by atoms with van der Waals surface area (Å²) in [6, 6.07) is 3.63. The van der Waals surface area contributed by atoms with Crippen molar-refractivity contribution in [2.75, 3.05) is 18.5 Å². The van der Waals surface area contributed by atoms with Crippen LogP contribution in [0.3, 0.4) is 0 Å². The average molecular weight is 332 g/mol. The van der Waals surface area contributed by atoms with E-state index < -0.39 is 11.9 Å². The Kier molecular flexibility index (Phi) is 5.96. The van der Waals surface area contributed by atoms with Gasteiger partial charge in [0.05, 0.1) is 24.4 Å². The Hall–Kier alpha value is -2.81. The first-order valence-electron chi connectivity index (χ1n) is 7.46. The van der Waals surface area contributed by atoms with Crippen molar-refractivity contribution in [3.05, 3.63) is 41.0 Å². The third-order valence-corrected chi connectivity index (χ3v) is 3.47. The Balaban J connectivity index is 2.26. The number of pyridine rings is 1. The normalized spacial score (nSPS) is 11.8. The van der Waals surface area contributed by atoms with Gasteiger partial charge in [-0.05, 0) is 26.0 Å². The maximum Gasteiger partial charge on any atom is 0.332 e. The number of aromatic amines is 1. The molecule has 0 amide bonds. The van der Waals surface area contributed by atoms with Crippen LogP contribution in [0.1, 0.15) is 31.3 Å². The minimum atomic E-state index is -1.01. The molecule has 2 aromatic rings. The number of aliphatic carboxylic acids is 1. The predicted molar refractivity (Wildman–Crippen MR) is 86.4 cm³/mol. The lowest BCUT2D eigenvalue weighted by Crippen LogP contribution is -2.17. The Bertz CT molecular complexity index is 693. The topological polar surface area (TPSA) is 137 Å². The average Bonchev–Trinajstić information content (AvgIpc) is 3.07. The molecule has 2 aromatic heterocycles. The Morgan fingerprint density at radius 2 is 2.17 bits per heavy atom. The van der Waals surface area contributed by atoms with Gasteiger partial charge in [-0.15, -0.1) is 10.2 Å². The highest BCUT2D eigenvalue weighted by Crippen LogP contribution is 2.28. The van der Waals surface area contributed by atoms with E-state index in [1.807, 2.05) is 6.07 Å². The summed E-state index contributed by atoms with van der Waals surface area (Å²) in [5.74, 6) is -1.24. The minimum Gasteiger partial charge on any atom is -0.478 e. The van der Waals surface area contributed by atoms with Gasteiger partial charge in [-0.1, -0.05) is 10.8 Å². The number of carbonyl (C=O) groups is 1. The highest BCUT2D eigenvalue weighted by molar-refractivity contribution is 5.89. The molecule has 0 spiro atoms. The van der Waals surface area contributed by atoms with E-state index in [4.69, 9.17) is 5.11 Å². The molecule has 1 atom stereocenters. The molecule has 0 aliphatic rings. The van der Waals surface area contributed by atoms with Crippen molar-refractivity contribution < 1.29 is 15.0 Å². The van der Waals surface area contributed by atoms with E-state index in [-0.39, 0.29) is 12.2 Å². The van der Waals surface area contributed by atoms with Crippen LogP contribution in [0, 0.1) is 0 Å². The molecule has 0 aliphatic heterocycles. The fourth-order valence-corrected chi connectivity index (χ4v) is 2.41. The first-order valence-corrected chi connectivity index (χ1v) is 7.46. The molecular weight excluding hydrogens is 312 g/mol. The summed E-state index contributed by atoms with van der Waals surface area (Å²) in [5, 5.41) is 35.1. The number of carboxylic acid groups (broad SMARTS) is 1. The van der Waals surface area contributed by atoms with Crippen LogP contribution in [-0.4, -0.2) is 54.9 Å². The number of H-pyrrole nitrogens is 1. The van der Waals surface area contributed by atoms with Crippen LogP contribution in [0.5, 0.6) is 0 Å². The quantitative estimate of drug-likeness (QED) is 0.520. The molecule has 0 aliphatic carbocycles. The van der Waals surface area contributed by atoms with Gasteiger partial charge >= 0.3 is 5.97 Å². The van der Waals surface area contributed by atoms with Gasteiger partial charge in [0.15, 0.2) is 5.82 Å². The molecule has 4 N–H and O–H groups in total. The molecule has 9 heteroatoms. The summed E-state index contributed by atoms with van der Waals surface area (Å²) in [5.41, 5.74) is 2.41. The fraction of sp³-hybridized carbons (Fsp3) is 0.400. The van der Waals surface area contributed by atoms with Crippen LogP contribution in [-0.2, 0) is 11.2 Å². The number of anilines is 1. The number of nitrogens with zero attached hydrogens (tertiary/aromatic N) is 4. The van der Waals surface area contributed by atoms with E-state index in [0.29, 0.717) is 30.1 Å². The third-order valence-electron chi connectivity index (χ3n) is 3.47. The Labute approximate surface area is 138 Å². The largest absolute Gasteiger partial charge is 0.478 e. The zero-order valence-electron chi connectivity index (χ0n) is 13.5. The molecule has 2 rings (SSSR count). The number of rotatable bonds is 8. The zero-order valence-corrected chi connectivity index (χ0v) is 13.5. The monoisotopic (exact) mass is 332 g/mol. The Morgan fingerprint density at radius 1 is 1.38 bits per heavy atom. The molecule has 128 valence electrons. The summed E-state index contributed by atoms with van der Waals surface area (Å²) in [7, 11) is 0. The van der Waals surface area contributed by atoms with E-state index in [9.17, 15) is 9.90 Å². The number of hydrogen-bond acceptors (Lipinski definition) is 7. The molecule has 0 bridgehead atoms. The number of aliphatic hydroxyl groups excluding tert-OH is 1. The first kappa shape index (κ1) is 17.5. The van der Waals surface area contributed by atoms with Crippen molar-refractivity contribution in [1.29, 1.82) is 0 Å². The molecule has 0 saturated carbocycles. The van der Waals surface area contributed by atoms with Crippen LogP contribution in [0.15, 0.2) is 29.5 Å². The summed E-state index contributed by atoms with van der Waals surface area (Å²) in [4.78, 5) is 16.0. The maximum atomic E-state index is 11.6. The van der Waals surface area contributed by atoms with Crippen LogP contribution >= 0.6 is 0 Å². The van der Waals surface area contributed by atoms with E-state index in [1.165, 1.54) is 0 Å². The lowest BCUT2D eigenvalue weighted by atomic mass is 9.90. The van der Waals surface area contributed by atoms with Gasteiger partial charge in [0, 0.05) is 24.2 Å². The third kappa shape index (κ3) is 4.35. The van der Waals surface area contributed by atoms with E-state index in [1.54, 1.807) is 26.1 Å². The highest BCUT2D eigenvalue weighted by Gasteiger charge is 2.27. The Morgan fingerprint density at radius 3 is 2.67 bits per heavy atom. The molecular formula is C15H20N6O3. The lowest BCUT2D eigenvalue weighted by molar-refractivity contribution is -0.133. The van der Waals surface area contributed by atoms with Gasteiger partial charge in [-0.2, -0.15) is 5.21 Å². The van der Waals surface area contributed by atoms with Crippen LogP contribution in [0.2, 0.25) is 0 Å². The highest BCUT2D eigenvalue weighted by atomic mass is 16.4. The number of tetrazole rings is 1. The zero-order chi connectivity index (χ0) is 17.5. The van der Waals surface area contributed by atoms with E-state index >= 15 is 0 Å². The summed E-state index contributed by atoms with van der Waals surface area (Å²) < 4.78 is 0. The molecule has 0 aromatic carbocycles. The van der Waals surface area contributed by atoms with Gasteiger partial charge in [-0.25, -0.2) is 4.79 Å². The number of hydrogen-bond donors (Lipinski definition) is 4. The van der Waals surface area contributed by atoms with Gasteiger partial charge < -0.3 is 15.5 Å².